The molecule has 0 aliphatic carbocycles. The second kappa shape index (κ2) is 7.04. The molecule has 0 bridgehead atoms. The van der Waals surface area contributed by atoms with E-state index in [9.17, 15) is 13.2 Å². The van der Waals surface area contributed by atoms with Crippen LogP contribution in [-0.2, 0) is 26.9 Å². The summed E-state index contributed by atoms with van der Waals surface area (Å²) in [5.41, 5.74) is 1.62. The highest BCUT2D eigenvalue weighted by atomic mass is 32.2. The molecule has 0 saturated heterocycles. The van der Waals surface area contributed by atoms with Crippen LogP contribution in [0.3, 0.4) is 0 Å². The Morgan fingerprint density at radius 3 is 1.95 bits per heavy atom. The number of carbonyl (C=O) groups is 1. The number of amides is 1. The third-order valence-corrected chi connectivity index (χ3v) is 4.39. The molecule has 0 aromatic heterocycles. The van der Waals surface area contributed by atoms with E-state index >= 15 is 0 Å². The molecule has 0 aliphatic heterocycles. The van der Waals surface area contributed by atoms with Crippen molar-refractivity contribution in [2.24, 2.45) is 0 Å². The van der Waals surface area contributed by atoms with Gasteiger partial charge in [-0.15, -0.1) is 0 Å². The summed E-state index contributed by atoms with van der Waals surface area (Å²) in [6, 6.07) is 18.2. The van der Waals surface area contributed by atoms with Crippen LogP contribution in [0.1, 0.15) is 11.1 Å². The van der Waals surface area contributed by atoms with Gasteiger partial charge in [0, 0.05) is 6.54 Å². The third kappa shape index (κ3) is 5.39. The lowest BCUT2D eigenvalue weighted by atomic mass is 10.2. The van der Waals surface area contributed by atoms with Gasteiger partial charge < -0.3 is 5.32 Å². The Bertz CT molecular complexity index is 682. The van der Waals surface area contributed by atoms with Crippen LogP contribution in [0.15, 0.2) is 60.7 Å². The standard InChI is InChI=1S/C16H17NO3S/c18-16(17-11-14-7-3-1-4-8-14)13-21(19,20)12-15-9-5-2-6-10-15/h1-10H,11-13H2,(H,17,18). The fourth-order valence-corrected chi connectivity index (χ4v) is 3.23. The largest absolute Gasteiger partial charge is 0.351 e. The van der Waals surface area contributed by atoms with E-state index in [0.29, 0.717) is 12.1 Å². The first-order valence-corrected chi connectivity index (χ1v) is 8.42. The van der Waals surface area contributed by atoms with Gasteiger partial charge in [0.1, 0.15) is 5.75 Å². The SMILES string of the molecule is O=C(CS(=O)(=O)Cc1ccccc1)NCc1ccccc1. The Labute approximate surface area is 124 Å². The first-order valence-electron chi connectivity index (χ1n) is 6.60. The number of hydrogen-bond donors (Lipinski definition) is 1. The number of benzene rings is 2. The molecular formula is C16H17NO3S. The normalized spacial score (nSPS) is 11.0. The topological polar surface area (TPSA) is 63.2 Å². The highest BCUT2D eigenvalue weighted by molar-refractivity contribution is 7.91. The fourth-order valence-electron chi connectivity index (χ4n) is 1.93. The molecule has 0 radical (unpaired) electrons. The zero-order valence-electron chi connectivity index (χ0n) is 11.5. The summed E-state index contributed by atoms with van der Waals surface area (Å²) in [6.07, 6.45) is 0. The van der Waals surface area contributed by atoms with E-state index in [0.717, 1.165) is 5.56 Å². The van der Waals surface area contributed by atoms with Gasteiger partial charge in [-0.2, -0.15) is 0 Å². The molecule has 1 amide bonds. The average Bonchev–Trinajstić information content (AvgIpc) is 2.46. The third-order valence-electron chi connectivity index (χ3n) is 2.91. The summed E-state index contributed by atoms with van der Waals surface area (Å²) < 4.78 is 23.9. The molecule has 0 heterocycles. The Kier molecular flexibility index (Phi) is 5.11. The quantitative estimate of drug-likeness (QED) is 0.887. The second-order valence-electron chi connectivity index (χ2n) is 4.78. The van der Waals surface area contributed by atoms with Gasteiger partial charge in [-0.3, -0.25) is 4.79 Å². The van der Waals surface area contributed by atoms with Crippen LogP contribution in [-0.4, -0.2) is 20.1 Å². The van der Waals surface area contributed by atoms with E-state index in [1.807, 2.05) is 36.4 Å². The lowest BCUT2D eigenvalue weighted by molar-refractivity contribution is -0.118. The van der Waals surface area contributed by atoms with Crippen LogP contribution < -0.4 is 5.32 Å². The molecule has 2 aromatic carbocycles. The number of sulfone groups is 1. The summed E-state index contributed by atoms with van der Waals surface area (Å²) in [5.74, 6) is -1.09. The Morgan fingerprint density at radius 1 is 0.857 bits per heavy atom. The molecule has 4 nitrogen and oxygen atoms in total. The maximum Gasteiger partial charge on any atom is 0.235 e. The summed E-state index contributed by atoms with van der Waals surface area (Å²) in [7, 11) is -3.45. The van der Waals surface area contributed by atoms with E-state index in [4.69, 9.17) is 0 Å². The Hall–Kier alpha value is -2.14. The van der Waals surface area contributed by atoms with E-state index in [1.54, 1.807) is 24.3 Å². The molecule has 2 rings (SSSR count). The van der Waals surface area contributed by atoms with Crippen LogP contribution in [0.5, 0.6) is 0 Å². The van der Waals surface area contributed by atoms with E-state index < -0.39 is 21.5 Å². The van der Waals surface area contributed by atoms with Gasteiger partial charge in [0.2, 0.25) is 5.91 Å². The molecule has 0 atom stereocenters. The molecule has 0 fully saturated rings. The van der Waals surface area contributed by atoms with E-state index in [1.165, 1.54) is 0 Å². The van der Waals surface area contributed by atoms with Crippen LogP contribution >= 0.6 is 0 Å². The van der Waals surface area contributed by atoms with Gasteiger partial charge in [0.05, 0.1) is 5.75 Å². The summed E-state index contributed by atoms with van der Waals surface area (Å²) in [5, 5.41) is 2.62. The molecule has 0 unspecified atom stereocenters. The van der Waals surface area contributed by atoms with Crippen LogP contribution in [0.25, 0.3) is 0 Å². The van der Waals surface area contributed by atoms with Crippen molar-refractivity contribution in [1.29, 1.82) is 0 Å². The molecule has 0 spiro atoms. The highest BCUT2D eigenvalue weighted by Crippen LogP contribution is 2.06. The van der Waals surface area contributed by atoms with Gasteiger partial charge in [-0.1, -0.05) is 60.7 Å². The molecule has 2 aromatic rings. The van der Waals surface area contributed by atoms with Crippen molar-refractivity contribution >= 4 is 15.7 Å². The fraction of sp³-hybridized carbons (Fsp3) is 0.188. The molecule has 21 heavy (non-hydrogen) atoms. The van der Waals surface area contributed by atoms with E-state index in [2.05, 4.69) is 5.32 Å². The minimum absolute atomic E-state index is 0.118. The minimum atomic E-state index is -3.45. The monoisotopic (exact) mass is 303 g/mol. The lowest BCUT2D eigenvalue weighted by Crippen LogP contribution is -2.30. The molecule has 1 N–H and O–H groups in total. The maximum atomic E-state index is 12.0. The van der Waals surface area contributed by atoms with Gasteiger partial charge in [0.25, 0.3) is 0 Å². The summed E-state index contributed by atoms with van der Waals surface area (Å²) in [4.78, 5) is 11.7. The highest BCUT2D eigenvalue weighted by Gasteiger charge is 2.17. The van der Waals surface area contributed by atoms with Crippen molar-refractivity contribution in [3.8, 4) is 0 Å². The average molecular weight is 303 g/mol. The smallest absolute Gasteiger partial charge is 0.235 e. The molecule has 0 saturated carbocycles. The summed E-state index contributed by atoms with van der Waals surface area (Å²) in [6.45, 7) is 0.334. The Morgan fingerprint density at radius 2 is 1.38 bits per heavy atom. The predicted molar refractivity (Wildman–Crippen MR) is 82.2 cm³/mol. The zero-order valence-corrected chi connectivity index (χ0v) is 12.3. The molecule has 110 valence electrons. The van der Waals surface area contributed by atoms with Gasteiger partial charge >= 0.3 is 0 Å². The molecule has 5 heteroatoms. The molecule has 0 aliphatic rings. The van der Waals surface area contributed by atoms with Crippen molar-refractivity contribution in [3.05, 3.63) is 71.8 Å². The van der Waals surface area contributed by atoms with Crippen molar-refractivity contribution in [1.82, 2.24) is 5.32 Å². The predicted octanol–water partition coefficient (Wildman–Crippen LogP) is 1.92. The van der Waals surface area contributed by atoms with Crippen molar-refractivity contribution < 1.29 is 13.2 Å². The van der Waals surface area contributed by atoms with Crippen LogP contribution in [0, 0.1) is 0 Å². The lowest BCUT2D eigenvalue weighted by Gasteiger charge is -2.06. The maximum absolute atomic E-state index is 12.0. The zero-order chi connectivity index (χ0) is 15.1. The number of nitrogens with one attached hydrogen (secondary N) is 1. The number of hydrogen-bond acceptors (Lipinski definition) is 3. The van der Waals surface area contributed by atoms with Gasteiger partial charge in [-0.25, -0.2) is 8.42 Å². The van der Waals surface area contributed by atoms with Crippen molar-refractivity contribution in [2.75, 3.05) is 5.75 Å². The van der Waals surface area contributed by atoms with Crippen LogP contribution in [0.4, 0.5) is 0 Å². The Balaban J connectivity index is 1.87. The first-order chi connectivity index (χ1) is 10.1. The number of carbonyl (C=O) groups excluding carboxylic acids is 1. The van der Waals surface area contributed by atoms with Crippen LogP contribution in [0.2, 0.25) is 0 Å². The summed E-state index contributed by atoms with van der Waals surface area (Å²) >= 11 is 0. The van der Waals surface area contributed by atoms with E-state index in [-0.39, 0.29) is 5.75 Å². The van der Waals surface area contributed by atoms with Crippen molar-refractivity contribution in [3.63, 3.8) is 0 Å². The molecular weight excluding hydrogens is 286 g/mol. The van der Waals surface area contributed by atoms with Gasteiger partial charge in [0.15, 0.2) is 9.84 Å². The second-order valence-corrected chi connectivity index (χ2v) is 6.84. The minimum Gasteiger partial charge on any atom is -0.351 e. The first kappa shape index (κ1) is 15.3. The van der Waals surface area contributed by atoms with Gasteiger partial charge in [-0.05, 0) is 11.1 Å². The van der Waals surface area contributed by atoms with Crippen molar-refractivity contribution in [2.45, 2.75) is 12.3 Å². The number of rotatable bonds is 6.